The van der Waals surface area contributed by atoms with Crippen LogP contribution in [0.3, 0.4) is 0 Å². The monoisotopic (exact) mass is 413 g/mol. The number of anilines is 2. The quantitative estimate of drug-likeness (QED) is 0.789. The molecule has 0 saturated carbocycles. The zero-order chi connectivity index (χ0) is 18.7. The van der Waals surface area contributed by atoms with Gasteiger partial charge < -0.3 is 10.2 Å². The molecule has 1 fully saturated rings. The number of benzene rings is 1. The van der Waals surface area contributed by atoms with Gasteiger partial charge in [0.25, 0.3) is 10.0 Å². The molecular weight excluding hydrogens is 394 g/mol. The molecule has 1 saturated heterocycles. The molecule has 1 aliphatic heterocycles. The molecule has 1 aromatic carbocycles. The third kappa shape index (κ3) is 4.20. The Morgan fingerprint density at radius 3 is 2.69 bits per heavy atom. The molecule has 0 radical (unpaired) electrons. The van der Waals surface area contributed by atoms with E-state index in [0.717, 1.165) is 47.3 Å². The summed E-state index contributed by atoms with van der Waals surface area (Å²) in [5, 5.41) is 5.01. The van der Waals surface area contributed by atoms with Crippen LogP contribution in [0.4, 0.5) is 11.4 Å². The number of carbonyl (C=O) groups is 1. The summed E-state index contributed by atoms with van der Waals surface area (Å²) in [5.74, 6) is -0.407. The van der Waals surface area contributed by atoms with Crippen LogP contribution >= 0.6 is 22.9 Å². The number of carbonyl (C=O) groups excluding carboxylic acids is 1. The molecule has 1 amide bonds. The molecule has 26 heavy (non-hydrogen) atoms. The second-order valence-electron chi connectivity index (χ2n) is 6.10. The average molecular weight is 414 g/mol. The molecule has 0 bridgehead atoms. The minimum atomic E-state index is -3.66. The van der Waals surface area contributed by atoms with Gasteiger partial charge in [-0.2, -0.15) is 4.31 Å². The van der Waals surface area contributed by atoms with Gasteiger partial charge in [-0.1, -0.05) is 17.7 Å². The molecule has 0 unspecified atom stereocenters. The van der Waals surface area contributed by atoms with Crippen LogP contribution in [0.15, 0.2) is 39.9 Å². The van der Waals surface area contributed by atoms with Crippen molar-refractivity contribution in [1.82, 2.24) is 4.31 Å². The van der Waals surface area contributed by atoms with Crippen molar-refractivity contribution in [3.8, 4) is 0 Å². The van der Waals surface area contributed by atoms with E-state index in [2.05, 4.69) is 10.2 Å². The van der Waals surface area contributed by atoms with Gasteiger partial charge >= 0.3 is 0 Å². The third-order valence-corrected chi connectivity index (χ3v) is 7.62. The van der Waals surface area contributed by atoms with Gasteiger partial charge in [0.05, 0.1) is 17.9 Å². The number of nitrogens with one attached hydrogen (secondary N) is 1. The second kappa shape index (κ2) is 7.96. The molecule has 6 nitrogen and oxygen atoms in total. The minimum absolute atomic E-state index is 0.216. The first-order chi connectivity index (χ1) is 12.4. The first-order valence-corrected chi connectivity index (χ1v) is 10.9. The number of hydrogen-bond acceptors (Lipinski definition) is 5. The predicted molar refractivity (Wildman–Crippen MR) is 106 cm³/mol. The standard InChI is InChI=1S/C17H20ClN3O3S2/c1-20(26(23,24)17-5-4-10-25-17)12-16(22)19-14-11-13(18)6-7-15(14)21-8-2-3-9-21/h4-7,10-11H,2-3,8-9,12H2,1H3,(H,19,22). The summed E-state index contributed by atoms with van der Waals surface area (Å²) in [5.41, 5.74) is 1.51. The fourth-order valence-electron chi connectivity index (χ4n) is 2.88. The van der Waals surface area contributed by atoms with Crippen molar-refractivity contribution in [1.29, 1.82) is 0 Å². The van der Waals surface area contributed by atoms with Crippen LogP contribution in [0, 0.1) is 0 Å². The van der Waals surface area contributed by atoms with Crippen molar-refractivity contribution >= 4 is 50.2 Å². The number of amides is 1. The van der Waals surface area contributed by atoms with E-state index in [1.165, 1.54) is 13.1 Å². The molecule has 1 aromatic heterocycles. The number of hydrogen-bond donors (Lipinski definition) is 1. The van der Waals surface area contributed by atoms with Gasteiger partial charge in [-0.3, -0.25) is 4.79 Å². The number of nitrogens with zero attached hydrogens (tertiary/aromatic N) is 2. The van der Waals surface area contributed by atoms with Crippen LogP contribution in [0.5, 0.6) is 0 Å². The third-order valence-electron chi connectivity index (χ3n) is 4.21. The smallest absolute Gasteiger partial charge is 0.252 e. The fourth-order valence-corrected chi connectivity index (χ4v) is 5.38. The summed E-state index contributed by atoms with van der Waals surface area (Å²) < 4.78 is 26.1. The van der Waals surface area contributed by atoms with E-state index >= 15 is 0 Å². The molecule has 9 heteroatoms. The molecule has 2 aromatic rings. The maximum absolute atomic E-state index is 12.4. The Hall–Kier alpha value is -1.61. The SMILES string of the molecule is CN(CC(=O)Nc1cc(Cl)ccc1N1CCCC1)S(=O)(=O)c1cccs1. The summed E-state index contributed by atoms with van der Waals surface area (Å²) in [6.45, 7) is 1.58. The Morgan fingerprint density at radius 1 is 1.31 bits per heavy atom. The largest absolute Gasteiger partial charge is 0.370 e. The normalized spacial score (nSPS) is 14.8. The Kier molecular flexibility index (Phi) is 5.86. The van der Waals surface area contributed by atoms with Gasteiger partial charge in [0, 0.05) is 25.2 Å². The van der Waals surface area contributed by atoms with Crippen LogP contribution in [0.2, 0.25) is 5.02 Å². The van der Waals surface area contributed by atoms with Crippen LogP contribution < -0.4 is 10.2 Å². The highest BCUT2D eigenvalue weighted by Gasteiger charge is 2.24. The van der Waals surface area contributed by atoms with E-state index in [1.54, 1.807) is 23.6 Å². The summed E-state index contributed by atoms with van der Waals surface area (Å²) in [7, 11) is -2.27. The molecular formula is C17H20ClN3O3S2. The topological polar surface area (TPSA) is 69.7 Å². The summed E-state index contributed by atoms with van der Waals surface area (Å²) in [6.07, 6.45) is 2.22. The number of likely N-dealkylation sites (N-methyl/N-ethyl adjacent to an activating group) is 1. The highest BCUT2D eigenvalue weighted by Crippen LogP contribution is 2.31. The van der Waals surface area contributed by atoms with Gasteiger partial charge in [0.15, 0.2) is 0 Å². The Labute approximate surface area is 162 Å². The Bertz CT molecular complexity index is 879. The predicted octanol–water partition coefficient (Wildman–Crippen LogP) is 3.26. The lowest BCUT2D eigenvalue weighted by Crippen LogP contribution is -2.35. The second-order valence-corrected chi connectivity index (χ2v) is 9.75. The first-order valence-electron chi connectivity index (χ1n) is 8.22. The Morgan fingerprint density at radius 2 is 2.04 bits per heavy atom. The van der Waals surface area contributed by atoms with Crippen molar-refractivity contribution in [3.05, 3.63) is 40.7 Å². The molecule has 1 N–H and O–H groups in total. The Balaban J connectivity index is 1.73. The maximum Gasteiger partial charge on any atom is 0.252 e. The molecule has 0 atom stereocenters. The van der Waals surface area contributed by atoms with Crippen molar-refractivity contribution in [3.63, 3.8) is 0 Å². The zero-order valence-corrected chi connectivity index (χ0v) is 16.7. The van der Waals surface area contributed by atoms with Gasteiger partial charge in [0.2, 0.25) is 5.91 Å². The summed E-state index contributed by atoms with van der Waals surface area (Å²) in [4.78, 5) is 14.6. The van der Waals surface area contributed by atoms with E-state index < -0.39 is 15.9 Å². The highest BCUT2D eigenvalue weighted by molar-refractivity contribution is 7.91. The molecule has 3 rings (SSSR count). The lowest BCUT2D eigenvalue weighted by molar-refractivity contribution is -0.116. The molecule has 1 aliphatic rings. The van der Waals surface area contributed by atoms with Crippen LogP contribution in [0.25, 0.3) is 0 Å². The first kappa shape index (κ1) is 19.2. The number of halogens is 1. The van der Waals surface area contributed by atoms with Gasteiger partial charge in [-0.05, 0) is 42.5 Å². The highest BCUT2D eigenvalue weighted by atomic mass is 35.5. The van der Waals surface area contributed by atoms with E-state index in [9.17, 15) is 13.2 Å². The molecule has 2 heterocycles. The van der Waals surface area contributed by atoms with E-state index in [4.69, 9.17) is 11.6 Å². The molecule has 0 spiro atoms. The van der Waals surface area contributed by atoms with Crippen molar-refractivity contribution in [2.45, 2.75) is 17.1 Å². The average Bonchev–Trinajstić information content (AvgIpc) is 3.29. The molecule has 0 aliphatic carbocycles. The van der Waals surface area contributed by atoms with Crippen molar-refractivity contribution < 1.29 is 13.2 Å². The zero-order valence-electron chi connectivity index (χ0n) is 14.3. The minimum Gasteiger partial charge on any atom is -0.370 e. The fraction of sp³-hybridized carbons (Fsp3) is 0.353. The molecule has 140 valence electrons. The van der Waals surface area contributed by atoms with Crippen LogP contribution in [0.1, 0.15) is 12.8 Å². The van der Waals surface area contributed by atoms with E-state index in [-0.39, 0.29) is 10.8 Å². The lowest BCUT2D eigenvalue weighted by atomic mass is 10.2. The van der Waals surface area contributed by atoms with Gasteiger partial charge in [0.1, 0.15) is 4.21 Å². The van der Waals surface area contributed by atoms with Gasteiger partial charge in [-0.25, -0.2) is 8.42 Å². The van der Waals surface area contributed by atoms with Crippen LogP contribution in [-0.4, -0.2) is 45.3 Å². The van der Waals surface area contributed by atoms with E-state index in [1.807, 2.05) is 6.07 Å². The van der Waals surface area contributed by atoms with Crippen molar-refractivity contribution in [2.75, 3.05) is 36.9 Å². The lowest BCUT2D eigenvalue weighted by Gasteiger charge is -2.22. The number of thiophene rings is 1. The van der Waals surface area contributed by atoms with Gasteiger partial charge in [-0.15, -0.1) is 11.3 Å². The van der Waals surface area contributed by atoms with Crippen LogP contribution in [-0.2, 0) is 14.8 Å². The number of rotatable bonds is 6. The van der Waals surface area contributed by atoms with E-state index in [0.29, 0.717) is 10.7 Å². The summed E-state index contributed by atoms with van der Waals surface area (Å²) >= 11 is 7.20. The maximum atomic E-state index is 12.4. The summed E-state index contributed by atoms with van der Waals surface area (Å²) in [6, 6.07) is 8.56. The number of sulfonamides is 1. The van der Waals surface area contributed by atoms with Crippen molar-refractivity contribution in [2.24, 2.45) is 0 Å².